The second-order valence-corrected chi connectivity index (χ2v) is 6.83. The molecule has 1 aliphatic rings. The Morgan fingerprint density at radius 3 is 2.74 bits per heavy atom. The van der Waals surface area contributed by atoms with E-state index in [9.17, 15) is 0 Å². The van der Waals surface area contributed by atoms with Gasteiger partial charge in [0.25, 0.3) is 0 Å². The van der Waals surface area contributed by atoms with Gasteiger partial charge in [0.2, 0.25) is 0 Å². The van der Waals surface area contributed by atoms with Crippen molar-refractivity contribution in [2.24, 2.45) is 12.0 Å². The highest BCUT2D eigenvalue weighted by atomic mass is 127. The zero-order valence-corrected chi connectivity index (χ0v) is 17.4. The third-order valence-electron chi connectivity index (χ3n) is 4.16. The van der Waals surface area contributed by atoms with Crippen molar-refractivity contribution in [2.75, 3.05) is 40.1 Å². The molecule has 0 bridgehead atoms. The van der Waals surface area contributed by atoms with E-state index in [0.717, 1.165) is 44.4 Å². The fourth-order valence-corrected chi connectivity index (χ4v) is 3.36. The summed E-state index contributed by atoms with van der Waals surface area (Å²) < 4.78 is 7.51. The van der Waals surface area contributed by atoms with Crippen molar-refractivity contribution in [2.45, 2.75) is 24.1 Å². The van der Waals surface area contributed by atoms with Crippen LogP contribution in [0.1, 0.15) is 18.7 Å². The number of hydrogen-bond donors (Lipinski definition) is 1. The monoisotopic (exact) mass is 454 g/mol. The SMILES string of the molecule is CN=C(NCC1(SC)CCOCC1)N(C)Cc1ncnn1C.I. The Kier molecular flexibility index (Phi) is 8.62. The van der Waals surface area contributed by atoms with E-state index >= 15 is 0 Å². The van der Waals surface area contributed by atoms with Crippen LogP contribution in [0.4, 0.5) is 0 Å². The number of nitrogens with one attached hydrogen (secondary N) is 1. The first-order chi connectivity index (χ1) is 10.6. The van der Waals surface area contributed by atoms with Crippen molar-refractivity contribution in [3.63, 3.8) is 0 Å². The van der Waals surface area contributed by atoms with Crippen LogP contribution in [-0.2, 0) is 18.3 Å². The third-order valence-corrected chi connectivity index (χ3v) is 5.58. The largest absolute Gasteiger partial charge is 0.381 e. The van der Waals surface area contributed by atoms with E-state index < -0.39 is 0 Å². The highest BCUT2D eigenvalue weighted by Gasteiger charge is 2.32. The minimum atomic E-state index is 0. The maximum atomic E-state index is 5.49. The van der Waals surface area contributed by atoms with Gasteiger partial charge in [-0.3, -0.25) is 9.67 Å². The summed E-state index contributed by atoms with van der Waals surface area (Å²) in [7, 11) is 5.72. The first-order valence-electron chi connectivity index (χ1n) is 7.48. The number of nitrogens with zero attached hydrogens (tertiary/aromatic N) is 5. The maximum absolute atomic E-state index is 5.49. The Bertz CT molecular complexity index is 503. The third kappa shape index (κ3) is 5.49. The van der Waals surface area contributed by atoms with Crippen LogP contribution in [0.25, 0.3) is 0 Å². The van der Waals surface area contributed by atoms with E-state index in [1.165, 1.54) is 0 Å². The molecule has 2 rings (SSSR count). The zero-order chi connectivity index (χ0) is 16.0. The highest BCUT2D eigenvalue weighted by Crippen LogP contribution is 2.32. The van der Waals surface area contributed by atoms with Crippen LogP contribution in [0, 0.1) is 0 Å². The summed E-state index contributed by atoms with van der Waals surface area (Å²) in [4.78, 5) is 10.7. The van der Waals surface area contributed by atoms with Gasteiger partial charge in [-0.05, 0) is 19.1 Å². The number of aliphatic imine (C=N–C) groups is 1. The minimum Gasteiger partial charge on any atom is -0.381 e. The molecule has 0 aromatic carbocycles. The number of halogens is 1. The van der Waals surface area contributed by atoms with Crippen LogP contribution < -0.4 is 5.32 Å². The summed E-state index contributed by atoms with van der Waals surface area (Å²) in [5, 5.41) is 7.60. The quantitative estimate of drug-likeness (QED) is 0.412. The fraction of sp³-hybridized carbons (Fsp3) is 0.786. The molecule has 1 aromatic rings. The highest BCUT2D eigenvalue weighted by molar-refractivity contribution is 14.0. The van der Waals surface area contributed by atoms with Crippen molar-refractivity contribution >= 4 is 41.7 Å². The normalized spacial score (nSPS) is 17.5. The summed E-state index contributed by atoms with van der Waals surface area (Å²) in [6, 6.07) is 0. The molecule has 0 radical (unpaired) electrons. The van der Waals surface area contributed by atoms with Gasteiger partial charge in [0.15, 0.2) is 5.96 Å². The molecule has 132 valence electrons. The second kappa shape index (κ2) is 9.67. The zero-order valence-electron chi connectivity index (χ0n) is 14.3. The summed E-state index contributed by atoms with van der Waals surface area (Å²) in [5.41, 5.74) is 0. The van der Waals surface area contributed by atoms with Crippen LogP contribution >= 0.6 is 35.7 Å². The Morgan fingerprint density at radius 2 is 2.22 bits per heavy atom. The molecular formula is C14H27IN6OS. The molecule has 9 heteroatoms. The van der Waals surface area contributed by atoms with E-state index in [4.69, 9.17) is 4.74 Å². The van der Waals surface area contributed by atoms with Gasteiger partial charge in [0.05, 0.1) is 6.54 Å². The van der Waals surface area contributed by atoms with Crippen LogP contribution in [0.2, 0.25) is 0 Å². The van der Waals surface area contributed by atoms with Gasteiger partial charge >= 0.3 is 0 Å². The van der Waals surface area contributed by atoms with Crippen LogP contribution in [-0.4, -0.2) is 70.5 Å². The van der Waals surface area contributed by atoms with E-state index in [2.05, 4.69) is 31.5 Å². The topological polar surface area (TPSA) is 67.6 Å². The molecule has 1 aromatic heterocycles. The van der Waals surface area contributed by atoms with Gasteiger partial charge in [-0.15, -0.1) is 24.0 Å². The molecule has 23 heavy (non-hydrogen) atoms. The van der Waals surface area contributed by atoms with Gasteiger partial charge in [-0.2, -0.15) is 16.9 Å². The Hall–Kier alpha value is -0.550. The van der Waals surface area contributed by atoms with Crippen molar-refractivity contribution in [3.8, 4) is 0 Å². The molecule has 1 saturated heterocycles. The van der Waals surface area contributed by atoms with Crippen molar-refractivity contribution < 1.29 is 4.74 Å². The molecule has 7 nitrogen and oxygen atoms in total. The van der Waals surface area contributed by atoms with Crippen LogP contribution in [0.15, 0.2) is 11.3 Å². The maximum Gasteiger partial charge on any atom is 0.193 e. The number of aromatic nitrogens is 3. The lowest BCUT2D eigenvalue weighted by Crippen LogP contribution is -2.48. The number of ether oxygens (including phenoxy) is 1. The fourth-order valence-electron chi connectivity index (χ4n) is 2.57. The number of aryl methyl sites for hydroxylation is 1. The smallest absolute Gasteiger partial charge is 0.193 e. The lowest BCUT2D eigenvalue weighted by Gasteiger charge is -2.36. The molecule has 1 aliphatic heterocycles. The molecule has 1 N–H and O–H groups in total. The van der Waals surface area contributed by atoms with E-state index in [1.54, 1.807) is 11.0 Å². The summed E-state index contributed by atoms with van der Waals surface area (Å²) in [5.74, 6) is 1.79. The molecule has 0 spiro atoms. The predicted octanol–water partition coefficient (Wildman–Crippen LogP) is 1.35. The molecule has 0 amide bonds. The number of hydrogen-bond acceptors (Lipinski definition) is 5. The van der Waals surface area contributed by atoms with Gasteiger partial charge in [0, 0.05) is 45.6 Å². The summed E-state index contributed by atoms with van der Waals surface area (Å²) >= 11 is 1.92. The average molecular weight is 454 g/mol. The molecule has 0 atom stereocenters. The molecule has 2 heterocycles. The first-order valence-corrected chi connectivity index (χ1v) is 8.70. The molecular weight excluding hydrogens is 427 g/mol. The average Bonchev–Trinajstić information content (AvgIpc) is 2.94. The molecule has 0 unspecified atom stereocenters. The van der Waals surface area contributed by atoms with Gasteiger partial charge in [-0.25, -0.2) is 4.98 Å². The molecule has 0 aliphatic carbocycles. The van der Waals surface area contributed by atoms with E-state index in [1.807, 2.05) is 32.9 Å². The Balaban J connectivity index is 0.00000264. The summed E-state index contributed by atoms with van der Waals surface area (Å²) in [6.07, 6.45) is 5.90. The molecule has 0 saturated carbocycles. The van der Waals surface area contributed by atoms with Gasteiger partial charge < -0.3 is 15.0 Å². The molecule has 1 fully saturated rings. The first kappa shape index (κ1) is 20.5. The second-order valence-electron chi connectivity index (χ2n) is 5.56. The van der Waals surface area contributed by atoms with E-state index in [0.29, 0.717) is 6.54 Å². The number of rotatable bonds is 5. The van der Waals surface area contributed by atoms with Crippen LogP contribution in [0.3, 0.4) is 0 Å². The van der Waals surface area contributed by atoms with Crippen LogP contribution in [0.5, 0.6) is 0 Å². The van der Waals surface area contributed by atoms with Gasteiger partial charge in [-0.1, -0.05) is 0 Å². The minimum absolute atomic E-state index is 0. The van der Waals surface area contributed by atoms with Crippen molar-refractivity contribution in [3.05, 3.63) is 12.2 Å². The lowest BCUT2D eigenvalue weighted by atomic mass is 9.99. The Labute approximate surface area is 159 Å². The van der Waals surface area contributed by atoms with E-state index in [-0.39, 0.29) is 28.7 Å². The van der Waals surface area contributed by atoms with Crippen molar-refractivity contribution in [1.29, 1.82) is 0 Å². The predicted molar refractivity (Wildman–Crippen MR) is 106 cm³/mol. The Morgan fingerprint density at radius 1 is 1.52 bits per heavy atom. The van der Waals surface area contributed by atoms with Gasteiger partial charge in [0.1, 0.15) is 12.2 Å². The lowest BCUT2D eigenvalue weighted by molar-refractivity contribution is 0.0781. The number of guanidine groups is 1. The standard InChI is InChI=1S/C14H26N6OS.HI/c1-15-13(19(2)9-12-17-11-18-20(12)3)16-10-14(22-4)5-7-21-8-6-14;/h11H,5-10H2,1-4H3,(H,15,16);1H. The van der Waals surface area contributed by atoms with Crippen molar-refractivity contribution in [1.82, 2.24) is 25.0 Å². The number of thioether (sulfide) groups is 1. The summed E-state index contributed by atoms with van der Waals surface area (Å²) in [6.45, 7) is 3.25.